The third-order valence-corrected chi connectivity index (χ3v) is 5.75. The van der Waals surface area contributed by atoms with Gasteiger partial charge in [-0.3, -0.25) is 4.79 Å². The molecular formula is C28H37N3O2. The van der Waals surface area contributed by atoms with E-state index in [0.717, 1.165) is 49.3 Å². The van der Waals surface area contributed by atoms with Gasteiger partial charge in [-0.1, -0.05) is 44.2 Å². The number of fused-ring (bicyclic) bond motifs is 1. The summed E-state index contributed by atoms with van der Waals surface area (Å²) < 4.78 is 8.50. The highest BCUT2D eigenvalue weighted by Gasteiger charge is 2.11. The van der Waals surface area contributed by atoms with Crippen molar-refractivity contribution in [3.63, 3.8) is 0 Å². The fourth-order valence-electron chi connectivity index (χ4n) is 4.03. The molecule has 5 heteroatoms. The zero-order chi connectivity index (χ0) is 23.6. The molecule has 0 aliphatic rings. The zero-order valence-electron chi connectivity index (χ0n) is 20.4. The Morgan fingerprint density at radius 3 is 2.76 bits per heavy atom. The van der Waals surface area contributed by atoms with Crippen LogP contribution in [0, 0.1) is 6.92 Å². The van der Waals surface area contributed by atoms with Crippen LogP contribution >= 0.6 is 0 Å². The molecule has 0 bridgehead atoms. The number of rotatable bonds is 12. The molecule has 0 saturated carbocycles. The Balaban J connectivity index is 1.56. The van der Waals surface area contributed by atoms with Crippen LogP contribution in [0.4, 0.5) is 0 Å². The Labute approximate surface area is 197 Å². The van der Waals surface area contributed by atoms with Crippen molar-refractivity contribution in [2.24, 2.45) is 0 Å². The predicted molar refractivity (Wildman–Crippen MR) is 136 cm³/mol. The summed E-state index contributed by atoms with van der Waals surface area (Å²) in [5, 5.41) is 2.92. The third-order valence-electron chi connectivity index (χ3n) is 5.75. The highest BCUT2D eigenvalue weighted by Crippen LogP contribution is 2.27. The van der Waals surface area contributed by atoms with E-state index in [1.807, 2.05) is 13.0 Å². The number of nitrogens with one attached hydrogen (secondary N) is 1. The molecule has 1 amide bonds. The lowest BCUT2D eigenvalue weighted by molar-refractivity contribution is -0.116. The van der Waals surface area contributed by atoms with Crippen molar-refractivity contribution in [2.45, 2.75) is 65.8 Å². The third kappa shape index (κ3) is 6.95. The minimum atomic E-state index is -0.0414. The standard InChI is InChI=1S/C28H37N3O2/c1-5-11-28(32)29-17-10-14-27-30-24-12-6-7-13-25(24)31(27)18-8-9-19-33-26-20-22(4)15-16-23(26)21(2)3/h5-7,11-13,15-16,20-21H,8-10,14,17-19H2,1-4H3,(H,29,32)/b11-5-. The van der Waals surface area contributed by atoms with Crippen LogP contribution in [0.5, 0.6) is 5.75 Å². The highest BCUT2D eigenvalue weighted by molar-refractivity contribution is 5.87. The fraction of sp³-hybridized carbons (Fsp3) is 0.429. The van der Waals surface area contributed by atoms with Crippen molar-refractivity contribution in [2.75, 3.05) is 13.2 Å². The van der Waals surface area contributed by atoms with Gasteiger partial charge in [0.1, 0.15) is 11.6 Å². The van der Waals surface area contributed by atoms with E-state index in [9.17, 15) is 4.79 Å². The average Bonchev–Trinajstić information content (AvgIpc) is 3.14. The van der Waals surface area contributed by atoms with Crippen molar-refractivity contribution in [3.8, 4) is 5.75 Å². The van der Waals surface area contributed by atoms with Crippen LogP contribution in [0.3, 0.4) is 0 Å². The highest BCUT2D eigenvalue weighted by atomic mass is 16.5. The van der Waals surface area contributed by atoms with Crippen molar-refractivity contribution in [1.82, 2.24) is 14.9 Å². The van der Waals surface area contributed by atoms with E-state index in [-0.39, 0.29) is 5.91 Å². The summed E-state index contributed by atoms with van der Waals surface area (Å²) in [7, 11) is 0. The Kier molecular flexibility index (Phi) is 9.11. The maximum absolute atomic E-state index is 11.6. The summed E-state index contributed by atoms with van der Waals surface area (Å²) in [6.07, 6.45) is 7.01. The molecule has 0 aliphatic heterocycles. The van der Waals surface area contributed by atoms with Crippen molar-refractivity contribution >= 4 is 16.9 Å². The van der Waals surface area contributed by atoms with Crippen LogP contribution in [-0.4, -0.2) is 28.6 Å². The van der Waals surface area contributed by atoms with Gasteiger partial charge in [0.25, 0.3) is 0 Å². The van der Waals surface area contributed by atoms with E-state index < -0.39 is 0 Å². The number of unbranched alkanes of at least 4 members (excludes halogenated alkanes) is 1. The first-order chi connectivity index (χ1) is 16.0. The van der Waals surface area contributed by atoms with Crippen LogP contribution in [0.2, 0.25) is 0 Å². The predicted octanol–water partition coefficient (Wildman–Crippen LogP) is 5.95. The summed E-state index contributed by atoms with van der Waals surface area (Å²) in [5.74, 6) is 2.50. The van der Waals surface area contributed by atoms with E-state index in [1.165, 1.54) is 16.6 Å². The van der Waals surface area contributed by atoms with Gasteiger partial charge in [-0.25, -0.2) is 4.98 Å². The number of aryl methyl sites for hydroxylation is 3. The minimum Gasteiger partial charge on any atom is -0.493 e. The van der Waals surface area contributed by atoms with Crippen molar-refractivity contribution in [3.05, 3.63) is 71.6 Å². The summed E-state index contributed by atoms with van der Waals surface area (Å²) in [6.45, 7) is 10.6. The number of para-hydroxylation sites is 2. The lowest BCUT2D eigenvalue weighted by Gasteiger charge is -2.15. The molecule has 33 heavy (non-hydrogen) atoms. The molecule has 176 valence electrons. The molecule has 0 radical (unpaired) electrons. The number of hydrogen-bond acceptors (Lipinski definition) is 3. The topological polar surface area (TPSA) is 56.2 Å². The smallest absolute Gasteiger partial charge is 0.243 e. The fourth-order valence-corrected chi connectivity index (χ4v) is 4.03. The number of allylic oxidation sites excluding steroid dienone is 1. The molecular weight excluding hydrogens is 410 g/mol. The number of ether oxygens (including phenoxy) is 1. The first-order valence-corrected chi connectivity index (χ1v) is 12.1. The number of aromatic nitrogens is 2. The van der Waals surface area contributed by atoms with E-state index in [2.05, 4.69) is 67.1 Å². The average molecular weight is 448 g/mol. The molecule has 3 rings (SSSR count). The van der Waals surface area contributed by atoms with E-state index in [4.69, 9.17) is 9.72 Å². The maximum atomic E-state index is 11.6. The molecule has 1 N–H and O–H groups in total. The summed E-state index contributed by atoms with van der Waals surface area (Å²) in [4.78, 5) is 16.5. The number of nitrogens with zero attached hydrogens (tertiary/aromatic N) is 2. The Hall–Kier alpha value is -3.08. The number of amides is 1. The second kappa shape index (κ2) is 12.2. The van der Waals surface area contributed by atoms with Gasteiger partial charge in [-0.2, -0.15) is 0 Å². The summed E-state index contributed by atoms with van der Waals surface area (Å²) in [5.41, 5.74) is 4.70. The second-order valence-electron chi connectivity index (χ2n) is 8.81. The molecule has 1 aromatic heterocycles. The molecule has 0 unspecified atom stereocenters. The lowest BCUT2D eigenvalue weighted by Crippen LogP contribution is -2.22. The summed E-state index contributed by atoms with van der Waals surface area (Å²) in [6, 6.07) is 14.8. The Morgan fingerprint density at radius 2 is 1.97 bits per heavy atom. The Bertz CT molecular complexity index is 1080. The molecule has 0 atom stereocenters. The van der Waals surface area contributed by atoms with Gasteiger partial charge in [0.15, 0.2) is 0 Å². The number of hydrogen-bond donors (Lipinski definition) is 1. The largest absolute Gasteiger partial charge is 0.493 e. The first kappa shape index (κ1) is 24.6. The van der Waals surface area contributed by atoms with E-state index in [0.29, 0.717) is 19.1 Å². The van der Waals surface area contributed by atoms with Gasteiger partial charge in [-0.15, -0.1) is 0 Å². The molecule has 0 aliphatic carbocycles. The van der Waals surface area contributed by atoms with E-state index in [1.54, 1.807) is 12.2 Å². The van der Waals surface area contributed by atoms with Gasteiger partial charge in [-0.05, 0) is 74.4 Å². The monoisotopic (exact) mass is 447 g/mol. The van der Waals surface area contributed by atoms with Crippen LogP contribution in [0.25, 0.3) is 11.0 Å². The van der Waals surface area contributed by atoms with Crippen molar-refractivity contribution < 1.29 is 9.53 Å². The number of carbonyl (C=O) groups excluding carboxylic acids is 1. The van der Waals surface area contributed by atoms with Gasteiger partial charge >= 0.3 is 0 Å². The summed E-state index contributed by atoms with van der Waals surface area (Å²) >= 11 is 0. The molecule has 3 aromatic rings. The lowest BCUT2D eigenvalue weighted by atomic mass is 10.0. The molecule has 0 fully saturated rings. The number of carbonyl (C=O) groups is 1. The van der Waals surface area contributed by atoms with Crippen LogP contribution in [-0.2, 0) is 17.8 Å². The number of benzene rings is 2. The normalized spacial score (nSPS) is 11.5. The molecule has 0 saturated heterocycles. The van der Waals surface area contributed by atoms with Crippen LogP contribution in [0.15, 0.2) is 54.6 Å². The van der Waals surface area contributed by atoms with Gasteiger partial charge in [0, 0.05) is 19.5 Å². The quantitative estimate of drug-likeness (QED) is 0.276. The molecule has 0 spiro atoms. The van der Waals surface area contributed by atoms with Gasteiger partial charge in [0.05, 0.1) is 17.6 Å². The zero-order valence-corrected chi connectivity index (χ0v) is 20.4. The second-order valence-corrected chi connectivity index (χ2v) is 8.81. The van der Waals surface area contributed by atoms with Gasteiger partial charge in [0.2, 0.25) is 5.91 Å². The van der Waals surface area contributed by atoms with E-state index >= 15 is 0 Å². The number of imidazole rings is 1. The SMILES string of the molecule is C/C=C\C(=O)NCCCc1nc2ccccc2n1CCCCOc1cc(C)ccc1C(C)C. The molecule has 1 heterocycles. The van der Waals surface area contributed by atoms with Crippen molar-refractivity contribution in [1.29, 1.82) is 0 Å². The Morgan fingerprint density at radius 1 is 1.15 bits per heavy atom. The van der Waals surface area contributed by atoms with Crippen LogP contribution in [0.1, 0.15) is 62.9 Å². The first-order valence-electron chi connectivity index (χ1n) is 12.1. The minimum absolute atomic E-state index is 0.0414. The molecule has 5 nitrogen and oxygen atoms in total. The maximum Gasteiger partial charge on any atom is 0.243 e. The van der Waals surface area contributed by atoms with Crippen LogP contribution < -0.4 is 10.1 Å². The van der Waals surface area contributed by atoms with Gasteiger partial charge < -0.3 is 14.6 Å². The molecule has 2 aromatic carbocycles.